The Balaban J connectivity index is 1.89. The van der Waals surface area contributed by atoms with Crippen LogP contribution in [0.4, 0.5) is 0 Å². The Labute approximate surface area is 118 Å². The highest BCUT2D eigenvalue weighted by atomic mass is 16.5. The Morgan fingerprint density at radius 3 is 2.10 bits per heavy atom. The van der Waals surface area contributed by atoms with Crippen molar-refractivity contribution in [3.8, 4) is 0 Å². The van der Waals surface area contributed by atoms with Crippen molar-refractivity contribution in [1.82, 2.24) is 5.43 Å². The number of rotatable bonds is 6. The van der Waals surface area contributed by atoms with E-state index < -0.39 is 6.04 Å². The lowest BCUT2D eigenvalue weighted by Crippen LogP contribution is -2.43. The molecule has 0 fully saturated rings. The first-order valence-electron chi connectivity index (χ1n) is 6.50. The van der Waals surface area contributed by atoms with Crippen LogP contribution in [0.25, 0.3) is 0 Å². The summed E-state index contributed by atoms with van der Waals surface area (Å²) in [4.78, 5) is 12.0. The minimum absolute atomic E-state index is 0.257. The van der Waals surface area contributed by atoms with Crippen molar-refractivity contribution < 1.29 is 9.53 Å². The number of carbonyl (C=O) groups is 1. The summed E-state index contributed by atoms with van der Waals surface area (Å²) < 4.78 is 5.27. The quantitative estimate of drug-likeness (QED) is 0.477. The smallest absolute Gasteiger partial charge is 0.325 e. The molecule has 0 saturated heterocycles. The van der Waals surface area contributed by atoms with Gasteiger partial charge in [-0.05, 0) is 17.5 Å². The van der Waals surface area contributed by atoms with Crippen LogP contribution in [-0.2, 0) is 22.6 Å². The molecule has 0 aliphatic carbocycles. The standard InChI is InChI=1S/C16H18N2O2/c17-18-15(11-13-7-3-1-4-8-13)16(19)20-12-14-9-5-2-6-10-14/h1-10,15,18H,11-12,17H2/t15-/m0/s1. The number of benzene rings is 2. The number of nitrogens with one attached hydrogen (secondary N) is 1. The number of hydrogen-bond donors (Lipinski definition) is 2. The molecule has 1 atom stereocenters. The fourth-order valence-corrected chi connectivity index (χ4v) is 1.89. The van der Waals surface area contributed by atoms with Crippen LogP contribution >= 0.6 is 0 Å². The summed E-state index contributed by atoms with van der Waals surface area (Å²) in [5.74, 6) is 5.09. The van der Waals surface area contributed by atoms with Crippen LogP contribution in [-0.4, -0.2) is 12.0 Å². The van der Waals surface area contributed by atoms with Crippen LogP contribution in [0.15, 0.2) is 60.7 Å². The van der Waals surface area contributed by atoms with Gasteiger partial charge < -0.3 is 4.74 Å². The molecule has 2 aromatic rings. The summed E-state index contributed by atoms with van der Waals surface area (Å²) in [5, 5.41) is 0. The fourth-order valence-electron chi connectivity index (χ4n) is 1.89. The zero-order valence-electron chi connectivity index (χ0n) is 11.2. The maximum absolute atomic E-state index is 12.0. The second-order valence-electron chi connectivity index (χ2n) is 4.50. The Morgan fingerprint density at radius 2 is 1.55 bits per heavy atom. The first-order valence-corrected chi connectivity index (χ1v) is 6.50. The van der Waals surface area contributed by atoms with Crippen molar-refractivity contribution in [1.29, 1.82) is 0 Å². The van der Waals surface area contributed by atoms with Gasteiger partial charge in [0.15, 0.2) is 0 Å². The van der Waals surface area contributed by atoms with E-state index in [4.69, 9.17) is 10.6 Å². The molecular weight excluding hydrogens is 252 g/mol. The van der Waals surface area contributed by atoms with Crippen LogP contribution < -0.4 is 11.3 Å². The number of hydrogen-bond acceptors (Lipinski definition) is 4. The molecule has 0 saturated carbocycles. The van der Waals surface area contributed by atoms with Gasteiger partial charge in [0.05, 0.1) is 0 Å². The lowest BCUT2D eigenvalue weighted by atomic mass is 10.1. The third kappa shape index (κ3) is 4.19. The van der Waals surface area contributed by atoms with E-state index in [1.807, 2.05) is 60.7 Å². The van der Waals surface area contributed by atoms with Crippen molar-refractivity contribution in [3.05, 3.63) is 71.8 Å². The van der Waals surface area contributed by atoms with E-state index in [-0.39, 0.29) is 12.6 Å². The van der Waals surface area contributed by atoms with E-state index in [0.29, 0.717) is 6.42 Å². The van der Waals surface area contributed by atoms with Gasteiger partial charge >= 0.3 is 5.97 Å². The number of carbonyl (C=O) groups excluding carboxylic acids is 1. The van der Waals surface area contributed by atoms with Gasteiger partial charge in [-0.1, -0.05) is 60.7 Å². The average molecular weight is 270 g/mol. The summed E-state index contributed by atoms with van der Waals surface area (Å²) in [5.41, 5.74) is 4.50. The Hall–Kier alpha value is -2.17. The van der Waals surface area contributed by atoms with Crippen LogP contribution in [0.5, 0.6) is 0 Å². The van der Waals surface area contributed by atoms with Gasteiger partial charge in [-0.2, -0.15) is 0 Å². The lowest BCUT2D eigenvalue weighted by molar-refractivity contribution is -0.147. The van der Waals surface area contributed by atoms with Crippen molar-refractivity contribution in [2.75, 3.05) is 0 Å². The molecule has 0 heterocycles. The summed E-state index contributed by atoms with van der Waals surface area (Å²) in [6.45, 7) is 0.257. The average Bonchev–Trinajstić information content (AvgIpc) is 2.52. The zero-order valence-corrected chi connectivity index (χ0v) is 11.2. The van der Waals surface area contributed by atoms with Crippen molar-refractivity contribution in [3.63, 3.8) is 0 Å². The Kier molecular flexibility index (Phi) is 5.29. The monoisotopic (exact) mass is 270 g/mol. The van der Waals surface area contributed by atoms with Crippen molar-refractivity contribution in [2.24, 2.45) is 5.84 Å². The van der Waals surface area contributed by atoms with E-state index in [1.165, 1.54) is 0 Å². The molecule has 0 aliphatic heterocycles. The molecule has 0 radical (unpaired) electrons. The van der Waals surface area contributed by atoms with Crippen LogP contribution in [0, 0.1) is 0 Å². The molecule has 2 aromatic carbocycles. The molecule has 0 amide bonds. The minimum Gasteiger partial charge on any atom is -0.460 e. The first kappa shape index (κ1) is 14.2. The molecule has 4 nitrogen and oxygen atoms in total. The van der Waals surface area contributed by atoms with Gasteiger partial charge in [-0.25, -0.2) is 5.43 Å². The van der Waals surface area contributed by atoms with Crippen LogP contribution in [0.2, 0.25) is 0 Å². The normalized spacial score (nSPS) is 11.8. The molecule has 0 aromatic heterocycles. The molecule has 20 heavy (non-hydrogen) atoms. The molecule has 0 bridgehead atoms. The van der Waals surface area contributed by atoms with Crippen molar-refractivity contribution >= 4 is 5.97 Å². The molecule has 104 valence electrons. The van der Waals surface area contributed by atoms with Gasteiger partial charge in [0, 0.05) is 0 Å². The van der Waals surface area contributed by atoms with Crippen LogP contribution in [0.1, 0.15) is 11.1 Å². The Bertz CT molecular complexity index is 529. The summed E-state index contributed by atoms with van der Waals surface area (Å²) in [7, 11) is 0. The second-order valence-corrected chi connectivity index (χ2v) is 4.50. The van der Waals surface area contributed by atoms with E-state index >= 15 is 0 Å². The Morgan fingerprint density at radius 1 is 1.00 bits per heavy atom. The van der Waals surface area contributed by atoms with Gasteiger partial charge in [0.1, 0.15) is 12.6 Å². The van der Waals surface area contributed by atoms with Gasteiger partial charge in [-0.15, -0.1) is 0 Å². The van der Waals surface area contributed by atoms with E-state index in [9.17, 15) is 4.79 Å². The number of nitrogens with two attached hydrogens (primary N) is 1. The lowest BCUT2D eigenvalue weighted by Gasteiger charge is -2.15. The summed E-state index contributed by atoms with van der Waals surface area (Å²) >= 11 is 0. The molecule has 0 spiro atoms. The third-order valence-electron chi connectivity index (χ3n) is 2.99. The molecule has 0 unspecified atom stereocenters. The predicted molar refractivity (Wildman–Crippen MR) is 77.5 cm³/mol. The van der Waals surface area contributed by atoms with Gasteiger partial charge in [0.25, 0.3) is 0 Å². The highest BCUT2D eigenvalue weighted by Crippen LogP contribution is 2.06. The minimum atomic E-state index is -0.541. The van der Waals surface area contributed by atoms with E-state index in [0.717, 1.165) is 11.1 Å². The van der Waals surface area contributed by atoms with Gasteiger partial charge in [0.2, 0.25) is 0 Å². The second kappa shape index (κ2) is 7.43. The molecule has 4 heteroatoms. The first-order chi connectivity index (χ1) is 9.79. The number of hydrazine groups is 1. The fraction of sp³-hybridized carbons (Fsp3) is 0.188. The van der Waals surface area contributed by atoms with E-state index in [1.54, 1.807) is 0 Å². The largest absolute Gasteiger partial charge is 0.460 e. The summed E-state index contributed by atoms with van der Waals surface area (Å²) in [6.07, 6.45) is 0.505. The van der Waals surface area contributed by atoms with Crippen molar-refractivity contribution in [2.45, 2.75) is 19.1 Å². The maximum Gasteiger partial charge on any atom is 0.325 e. The molecule has 3 N–H and O–H groups in total. The number of ether oxygens (including phenoxy) is 1. The maximum atomic E-state index is 12.0. The van der Waals surface area contributed by atoms with E-state index in [2.05, 4.69) is 5.43 Å². The highest BCUT2D eigenvalue weighted by molar-refractivity contribution is 5.76. The molecular formula is C16H18N2O2. The number of esters is 1. The third-order valence-corrected chi connectivity index (χ3v) is 2.99. The predicted octanol–water partition coefficient (Wildman–Crippen LogP) is 1.80. The topological polar surface area (TPSA) is 64.3 Å². The zero-order chi connectivity index (χ0) is 14.2. The molecule has 2 rings (SSSR count). The van der Waals surface area contributed by atoms with Gasteiger partial charge in [-0.3, -0.25) is 10.6 Å². The SMILES string of the molecule is NN[C@@H](Cc1ccccc1)C(=O)OCc1ccccc1. The molecule has 0 aliphatic rings. The highest BCUT2D eigenvalue weighted by Gasteiger charge is 2.18. The van der Waals surface area contributed by atoms with Crippen LogP contribution in [0.3, 0.4) is 0 Å². The summed E-state index contributed by atoms with van der Waals surface area (Å²) in [6, 6.07) is 18.7.